The molecule has 0 atom stereocenters. The van der Waals surface area contributed by atoms with Crippen LogP contribution in [0.2, 0.25) is 0 Å². The number of carbonyl (C=O) groups excluding carboxylic acids is 2. The van der Waals surface area contributed by atoms with Crippen molar-refractivity contribution in [3.8, 4) is 0 Å². The Morgan fingerprint density at radius 1 is 0.500 bits per heavy atom. The molecular formula is C18H30O10. The van der Waals surface area contributed by atoms with Crippen LogP contribution in [0.25, 0.3) is 0 Å². The van der Waals surface area contributed by atoms with E-state index in [1.54, 1.807) is 0 Å². The zero-order valence-electron chi connectivity index (χ0n) is 16.1. The van der Waals surface area contributed by atoms with Crippen molar-refractivity contribution in [1.82, 2.24) is 0 Å². The molecule has 0 bridgehead atoms. The number of hydrogen-bond donors (Lipinski definition) is 2. The van der Waals surface area contributed by atoms with Crippen LogP contribution in [0.4, 0.5) is 0 Å². The molecule has 0 unspecified atom stereocenters. The van der Waals surface area contributed by atoms with Gasteiger partial charge < -0.3 is 29.2 Å². The summed E-state index contributed by atoms with van der Waals surface area (Å²) < 4.78 is 20.3. The molecule has 10 heteroatoms. The van der Waals surface area contributed by atoms with Gasteiger partial charge in [-0.3, -0.25) is 19.2 Å². The lowest BCUT2D eigenvalue weighted by Crippen LogP contribution is -2.15. The molecule has 0 aliphatic carbocycles. The van der Waals surface area contributed by atoms with Crippen molar-refractivity contribution in [1.29, 1.82) is 0 Å². The Hall–Kier alpha value is -2.20. The molecule has 0 aromatic heterocycles. The van der Waals surface area contributed by atoms with Crippen molar-refractivity contribution in [2.75, 3.05) is 39.6 Å². The maximum Gasteiger partial charge on any atom is 0.305 e. The minimum Gasteiger partial charge on any atom is -0.481 e. The highest BCUT2D eigenvalue weighted by Crippen LogP contribution is 2.02. The Morgan fingerprint density at radius 3 is 1.18 bits per heavy atom. The van der Waals surface area contributed by atoms with Gasteiger partial charge in [-0.05, 0) is 25.7 Å². The SMILES string of the molecule is O=C(O)CCCCC(=O)OCCOCCOCCOC(=O)CCCCC(=O)O. The van der Waals surface area contributed by atoms with E-state index in [-0.39, 0.29) is 64.0 Å². The van der Waals surface area contributed by atoms with Gasteiger partial charge in [-0.2, -0.15) is 0 Å². The fourth-order valence-corrected chi connectivity index (χ4v) is 1.99. The molecule has 0 aliphatic heterocycles. The van der Waals surface area contributed by atoms with Crippen molar-refractivity contribution in [3.63, 3.8) is 0 Å². The first-order valence-corrected chi connectivity index (χ1v) is 9.32. The van der Waals surface area contributed by atoms with Gasteiger partial charge in [0.1, 0.15) is 13.2 Å². The molecule has 0 saturated heterocycles. The van der Waals surface area contributed by atoms with Gasteiger partial charge in [-0.15, -0.1) is 0 Å². The Balaban J connectivity index is 3.28. The van der Waals surface area contributed by atoms with Gasteiger partial charge in [0.15, 0.2) is 0 Å². The second-order valence-corrected chi connectivity index (χ2v) is 5.87. The number of ether oxygens (including phenoxy) is 4. The summed E-state index contributed by atoms with van der Waals surface area (Å²) in [6, 6.07) is 0. The van der Waals surface area contributed by atoms with E-state index in [1.807, 2.05) is 0 Å². The van der Waals surface area contributed by atoms with Crippen LogP contribution in [0.15, 0.2) is 0 Å². The van der Waals surface area contributed by atoms with Gasteiger partial charge >= 0.3 is 23.9 Å². The van der Waals surface area contributed by atoms with E-state index >= 15 is 0 Å². The van der Waals surface area contributed by atoms with Crippen LogP contribution < -0.4 is 0 Å². The number of hydrogen-bond acceptors (Lipinski definition) is 8. The molecule has 0 spiro atoms. The molecule has 0 fully saturated rings. The second-order valence-electron chi connectivity index (χ2n) is 5.87. The van der Waals surface area contributed by atoms with E-state index in [2.05, 4.69) is 0 Å². The number of carbonyl (C=O) groups is 4. The van der Waals surface area contributed by atoms with Crippen LogP contribution in [-0.4, -0.2) is 73.7 Å². The minimum atomic E-state index is -0.880. The highest BCUT2D eigenvalue weighted by Gasteiger charge is 2.05. The Morgan fingerprint density at radius 2 is 0.821 bits per heavy atom. The highest BCUT2D eigenvalue weighted by atomic mass is 16.6. The standard InChI is InChI=1S/C18H30O10/c19-15(20)5-1-3-7-17(23)27-13-11-25-9-10-26-12-14-28-18(24)8-4-2-6-16(21)22/h1-14H2,(H,19,20)(H,21,22). The molecule has 0 rings (SSSR count). The number of rotatable bonds is 19. The van der Waals surface area contributed by atoms with Crippen LogP contribution in [0, 0.1) is 0 Å². The van der Waals surface area contributed by atoms with Crippen molar-refractivity contribution in [3.05, 3.63) is 0 Å². The quantitative estimate of drug-likeness (QED) is 0.238. The normalized spacial score (nSPS) is 10.4. The van der Waals surface area contributed by atoms with E-state index < -0.39 is 11.9 Å². The molecule has 0 radical (unpaired) electrons. The van der Waals surface area contributed by atoms with Gasteiger partial charge in [0.25, 0.3) is 0 Å². The molecule has 10 nitrogen and oxygen atoms in total. The first kappa shape index (κ1) is 25.8. The van der Waals surface area contributed by atoms with Crippen molar-refractivity contribution >= 4 is 23.9 Å². The predicted octanol–water partition coefficient (Wildman–Crippen LogP) is 1.40. The molecule has 0 saturated carbocycles. The first-order valence-electron chi connectivity index (χ1n) is 9.32. The molecule has 0 aromatic carbocycles. The van der Waals surface area contributed by atoms with E-state index in [9.17, 15) is 19.2 Å². The van der Waals surface area contributed by atoms with Crippen molar-refractivity contribution < 1.29 is 48.3 Å². The van der Waals surface area contributed by atoms with Gasteiger partial charge in [0.05, 0.1) is 26.4 Å². The molecule has 2 N–H and O–H groups in total. The molecule has 28 heavy (non-hydrogen) atoms. The molecular weight excluding hydrogens is 376 g/mol. The number of carboxylic acid groups (broad SMARTS) is 2. The summed E-state index contributed by atoms with van der Waals surface area (Å²) in [6.45, 7) is 1.32. The molecule has 162 valence electrons. The third-order valence-corrected chi connectivity index (χ3v) is 3.40. The number of unbranched alkanes of at least 4 members (excludes halogenated alkanes) is 2. The average Bonchev–Trinajstić information content (AvgIpc) is 2.63. The van der Waals surface area contributed by atoms with Crippen LogP contribution in [0.3, 0.4) is 0 Å². The number of esters is 2. The maximum atomic E-state index is 11.3. The average molecular weight is 406 g/mol. The van der Waals surface area contributed by atoms with Crippen molar-refractivity contribution in [2.24, 2.45) is 0 Å². The largest absolute Gasteiger partial charge is 0.481 e. The minimum absolute atomic E-state index is 0.0440. The summed E-state index contributed by atoms with van der Waals surface area (Å²) in [7, 11) is 0. The van der Waals surface area contributed by atoms with E-state index in [0.29, 0.717) is 38.9 Å². The smallest absolute Gasteiger partial charge is 0.305 e. The predicted molar refractivity (Wildman–Crippen MR) is 95.8 cm³/mol. The number of carboxylic acids is 2. The summed E-state index contributed by atoms with van der Waals surface area (Å²) >= 11 is 0. The van der Waals surface area contributed by atoms with Gasteiger partial charge in [-0.1, -0.05) is 0 Å². The summed E-state index contributed by atoms with van der Waals surface area (Å²) in [6.07, 6.45) is 2.31. The van der Waals surface area contributed by atoms with Crippen molar-refractivity contribution in [2.45, 2.75) is 51.4 Å². The monoisotopic (exact) mass is 406 g/mol. The van der Waals surface area contributed by atoms with Crippen LogP contribution in [-0.2, 0) is 38.1 Å². The Labute approximate surface area is 164 Å². The lowest BCUT2D eigenvalue weighted by Gasteiger charge is -2.07. The molecule has 0 aromatic rings. The lowest BCUT2D eigenvalue weighted by atomic mass is 10.2. The van der Waals surface area contributed by atoms with Crippen LogP contribution in [0.5, 0.6) is 0 Å². The van der Waals surface area contributed by atoms with E-state index in [0.717, 1.165) is 0 Å². The maximum absolute atomic E-state index is 11.3. The Kier molecular flexibility index (Phi) is 16.7. The fraction of sp³-hybridized carbons (Fsp3) is 0.778. The van der Waals surface area contributed by atoms with E-state index in [4.69, 9.17) is 29.2 Å². The highest BCUT2D eigenvalue weighted by molar-refractivity contribution is 5.70. The first-order chi connectivity index (χ1) is 13.4. The summed E-state index contributed by atoms with van der Waals surface area (Å²) in [5, 5.41) is 16.9. The lowest BCUT2D eigenvalue weighted by molar-refractivity contribution is -0.147. The third kappa shape index (κ3) is 20.1. The summed E-state index contributed by atoms with van der Waals surface area (Å²) in [4.78, 5) is 43.3. The second kappa shape index (κ2) is 18.2. The van der Waals surface area contributed by atoms with Gasteiger partial charge in [0, 0.05) is 25.7 Å². The fourth-order valence-electron chi connectivity index (χ4n) is 1.99. The molecule has 0 amide bonds. The molecule has 0 aliphatic rings. The summed E-state index contributed by atoms with van der Waals surface area (Å²) in [5.74, 6) is -2.52. The number of aliphatic carboxylic acids is 2. The topological polar surface area (TPSA) is 146 Å². The zero-order chi connectivity index (χ0) is 21.0. The zero-order valence-corrected chi connectivity index (χ0v) is 16.1. The van der Waals surface area contributed by atoms with Gasteiger partial charge in [0.2, 0.25) is 0 Å². The van der Waals surface area contributed by atoms with Crippen LogP contribution >= 0.6 is 0 Å². The van der Waals surface area contributed by atoms with Crippen LogP contribution in [0.1, 0.15) is 51.4 Å². The third-order valence-electron chi connectivity index (χ3n) is 3.40. The summed E-state index contributed by atoms with van der Waals surface area (Å²) in [5.41, 5.74) is 0. The molecule has 0 heterocycles. The Bertz CT molecular complexity index is 421. The van der Waals surface area contributed by atoms with E-state index in [1.165, 1.54) is 0 Å². The van der Waals surface area contributed by atoms with Gasteiger partial charge in [-0.25, -0.2) is 0 Å².